The summed E-state index contributed by atoms with van der Waals surface area (Å²) >= 11 is 0. The second-order valence-corrected chi connectivity index (χ2v) is 6.50. The van der Waals surface area contributed by atoms with Gasteiger partial charge in [0.2, 0.25) is 11.3 Å². The zero-order chi connectivity index (χ0) is 19.3. The molecule has 6 heteroatoms. The van der Waals surface area contributed by atoms with E-state index in [1.54, 1.807) is 40.1 Å². The van der Waals surface area contributed by atoms with Crippen molar-refractivity contribution < 1.29 is 9.21 Å². The number of carbonyl (C=O) groups excluding carboxylic acids is 1. The molecule has 0 saturated carbocycles. The Morgan fingerprint density at radius 1 is 0.964 bits per heavy atom. The molecule has 28 heavy (non-hydrogen) atoms. The zero-order valence-electron chi connectivity index (χ0n) is 15.2. The summed E-state index contributed by atoms with van der Waals surface area (Å²) in [6, 6.07) is 20.6. The first-order valence-electron chi connectivity index (χ1n) is 8.99. The largest absolute Gasteiger partial charge is 0.467 e. The van der Waals surface area contributed by atoms with Crippen molar-refractivity contribution in [1.29, 1.82) is 0 Å². The number of carbonyl (C=O) groups is 1. The van der Waals surface area contributed by atoms with Crippen LogP contribution in [0.5, 0.6) is 0 Å². The van der Waals surface area contributed by atoms with Crippen LogP contribution in [-0.4, -0.2) is 20.6 Å². The number of hydrogen-bond acceptors (Lipinski definition) is 4. The molecule has 0 unspecified atom stereocenters. The van der Waals surface area contributed by atoms with Crippen molar-refractivity contribution in [3.05, 3.63) is 101 Å². The van der Waals surface area contributed by atoms with Gasteiger partial charge in [0.1, 0.15) is 12.3 Å². The van der Waals surface area contributed by atoms with Crippen LogP contribution in [0.2, 0.25) is 0 Å². The molecule has 4 aromatic rings. The van der Waals surface area contributed by atoms with Crippen LogP contribution in [0.15, 0.2) is 88.4 Å². The van der Waals surface area contributed by atoms with Gasteiger partial charge in [-0.1, -0.05) is 42.5 Å². The molecule has 2 aromatic carbocycles. The maximum absolute atomic E-state index is 13.1. The fourth-order valence-corrected chi connectivity index (χ4v) is 3.14. The average Bonchev–Trinajstić information content (AvgIpc) is 3.24. The Morgan fingerprint density at radius 3 is 2.54 bits per heavy atom. The summed E-state index contributed by atoms with van der Waals surface area (Å²) in [5.74, 6) is 0.601. The second kappa shape index (κ2) is 7.92. The Kier molecular flexibility index (Phi) is 5.01. The highest BCUT2D eigenvalue weighted by Gasteiger charge is 2.18. The van der Waals surface area contributed by atoms with E-state index in [2.05, 4.69) is 5.10 Å². The van der Waals surface area contributed by atoms with E-state index in [4.69, 9.17) is 4.42 Å². The number of fused-ring (bicyclic) bond motifs is 1. The lowest BCUT2D eigenvalue weighted by molar-refractivity contribution is -0.133. The summed E-state index contributed by atoms with van der Waals surface area (Å²) in [7, 11) is 0. The maximum Gasteiger partial charge on any atom is 0.245 e. The third-order valence-corrected chi connectivity index (χ3v) is 4.54. The Balaban J connectivity index is 1.62. The molecule has 0 aliphatic rings. The van der Waals surface area contributed by atoms with Gasteiger partial charge in [0, 0.05) is 11.9 Å². The van der Waals surface area contributed by atoms with Crippen molar-refractivity contribution in [2.24, 2.45) is 0 Å². The standard InChI is InChI=1S/C22H19N3O3/c26-21-13-23-25(20-11-5-4-10-19(20)21)16-22(27)24(15-18-9-6-12-28-18)14-17-7-2-1-3-8-17/h1-13H,14-16H2. The van der Waals surface area contributed by atoms with Gasteiger partial charge in [-0.3, -0.25) is 14.3 Å². The predicted octanol–water partition coefficient (Wildman–Crippen LogP) is 3.22. The Morgan fingerprint density at radius 2 is 1.75 bits per heavy atom. The fraction of sp³-hybridized carbons (Fsp3) is 0.136. The van der Waals surface area contributed by atoms with Crippen LogP contribution >= 0.6 is 0 Å². The van der Waals surface area contributed by atoms with Crippen molar-refractivity contribution in [1.82, 2.24) is 14.7 Å². The van der Waals surface area contributed by atoms with Crippen molar-refractivity contribution in [3.8, 4) is 0 Å². The van der Waals surface area contributed by atoms with E-state index >= 15 is 0 Å². The summed E-state index contributed by atoms with van der Waals surface area (Å²) in [4.78, 5) is 26.9. The van der Waals surface area contributed by atoms with Crippen LogP contribution in [-0.2, 0) is 24.4 Å². The highest BCUT2D eigenvalue weighted by Crippen LogP contribution is 2.13. The number of rotatable bonds is 6. The van der Waals surface area contributed by atoms with Gasteiger partial charge in [-0.25, -0.2) is 0 Å². The van der Waals surface area contributed by atoms with Gasteiger partial charge in [-0.05, 0) is 29.8 Å². The highest BCUT2D eigenvalue weighted by molar-refractivity contribution is 5.81. The number of nitrogens with zero attached hydrogens (tertiary/aromatic N) is 3. The maximum atomic E-state index is 13.1. The van der Waals surface area contributed by atoms with E-state index in [0.717, 1.165) is 5.56 Å². The molecule has 0 radical (unpaired) electrons. The van der Waals surface area contributed by atoms with Gasteiger partial charge >= 0.3 is 0 Å². The predicted molar refractivity (Wildman–Crippen MR) is 105 cm³/mol. The van der Waals surface area contributed by atoms with Gasteiger partial charge in [0.15, 0.2) is 0 Å². The zero-order valence-corrected chi connectivity index (χ0v) is 15.2. The lowest BCUT2D eigenvalue weighted by Gasteiger charge is -2.22. The minimum Gasteiger partial charge on any atom is -0.467 e. The molecule has 0 aliphatic heterocycles. The van der Waals surface area contributed by atoms with Crippen molar-refractivity contribution in [3.63, 3.8) is 0 Å². The van der Waals surface area contributed by atoms with Crippen molar-refractivity contribution in [2.45, 2.75) is 19.6 Å². The molecule has 1 amide bonds. The third-order valence-electron chi connectivity index (χ3n) is 4.54. The van der Waals surface area contributed by atoms with E-state index in [0.29, 0.717) is 29.8 Å². The Labute approximate surface area is 161 Å². The summed E-state index contributed by atoms with van der Waals surface area (Å²) < 4.78 is 7.00. The SMILES string of the molecule is O=C(Cn1ncc(=O)c2ccccc21)N(Cc1ccccc1)Cc1ccco1. The first kappa shape index (κ1) is 17.7. The van der Waals surface area contributed by atoms with E-state index in [1.165, 1.54) is 6.20 Å². The molecular formula is C22H19N3O3. The number of amides is 1. The van der Waals surface area contributed by atoms with Gasteiger partial charge in [0.05, 0.1) is 24.5 Å². The van der Waals surface area contributed by atoms with Gasteiger partial charge < -0.3 is 9.32 Å². The molecule has 140 valence electrons. The summed E-state index contributed by atoms with van der Waals surface area (Å²) in [5.41, 5.74) is 1.51. The molecule has 2 heterocycles. The molecule has 4 rings (SSSR count). The molecule has 0 bridgehead atoms. The quantitative estimate of drug-likeness (QED) is 0.520. The highest BCUT2D eigenvalue weighted by atomic mass is 16.3. The van der Waals surface area contributed by atoms with E-state index in [-0.39, 0.29) is 17.9 Å². The Bertz CT molecular complexity index is 1130. The fourth-order valence-electron chi connectivity index (χ4n) is 3.14. The normalized spacial score (nSPS) is 10.9. The first-order chi connectivity index (χ1) is 13.7. The summed E-state index contributed by atoms with van der Waals surface area (Å²) in [6.45, 7) is 0.853. The van der Waals surface area contributed by atoms with Crippen LogP contribution in [0.3, 0.4) is 0 Å². The topological polar surface area (TPSA) is 68.3 Å². The average molecular weight is 373 g/mol. The second-order valence-electron chi connectivity index (χ2n) is 6.50. The molecule has 0 atom stereocenters. The lowest BCUT2D eigenvalue weighted by atomic mass is 10.2. The van der Waals surface area contributed by atoms with Crippen LogP contribution < -0.4 is 5.43 Å². The molecule has 6 nitrogen and oxygen atoms in total. The summed E-state index contributed by atoms with van der Waals surface area (Å²) in [5, 5.41) is 4.71. The number of para-hydroxylation sites is 1. The molecule has 0 aliphatic carbocycles. The van der Waals surface area contributed by atoms with Crippen LogP contribution in [0.25, 0.3) is 10.9 Å². The number of furan rings is 1. The van der Waals surface area contributed by atoms with Crippen LogP contribution in [0.4, 0.5) is 0 Å². The van der Waals surface area contributed by atoms with Crippen molar-refractivity contribution >= 4 is 16.8 Å². The molecule has 0 saturated heterocycles. The minimum absolute atomic E-state index is 0.0360. The molecule has 2 aromatic heterocycles. The van der Waals surface area contributed by atoms with Crippen LogP contribution in [0, 0.1) is 0 Å². The van der Waals surface area contributed by atoms with E-state index in [9.17, 15) is 9.59 Å². The van der Waals surface area contributed by atoms with Crippen LogP contribution in [0.1, 0.15) is 11.3 Å². The molecule has 0 spiro atoms. The first-order valence-corrected chi connectivity index (χ1v) is 8.99. The number of aromatic nitrogens is 2. The number of benzene rings is 2. The van der Waals surface area contributed by atoms with Gasteiger partial charge in [-0.15, -0.1) is 0 Å². The smallest absolute Gasteiger partial charge is 0.245 e. The summed E-state index contributed by atoms with van der Waals surface area (Å²) in [6.07, 6.45) is 2.85. The Hall–Kier alpha value is -3.67. The number of hydrogen-bond donors (Lipinski definition) is 0. The molecule has 0 N–H and O–H groups in total. The van der Waals surface area contributed by atoms with Gasteiger partial charge in [-0.2, -0.15) is 5.10 Å². The molecular weight excluding hydrogens is 354 g/mol. The minimum atomic E-state index is -0.156. The van der Waals surface area contributed by atoms with Gasteiger partial charge in [0.25, 0.3) is 0 Å². The third kappa shape index (κ3) is 3.86. The molecule has 0 fully saturated rings. The van der Waals surface area contributed by atoms with E-state index < -0.39 is 0 Å². The van der Waals surface area contributed by atoms with E-state index in [1.807, 2.05) is 42.5 Å². The monoisotopic (exact) mass is 373 g/mol. The van der Waals surface area contributed by atoms with Crippen molar-refractivity contribution in [2.75, 3.05) is 0 Å². The lowest BCUT2D eigenvalue weighted by Crippen LogP contribution is -2.33.